The van der Waals surface area contributed by atoms with E-state index in [9.17, 15) is 19.7 Å². The molecule has 0 aliphatic carbocycles. The van der Waals surface area contributed by atoms with Crippen molar-refractivity contribution in [3.63, 3.8) is 0 Å². The van der Waals surface area contributed by atoms with Gasteiger partial charge in [-0.05, 0) is 13.0 Å². The van der Waals surface area contributed by atoms with Crippen LogP contribution < -0.4 is 21.7 Å². The van der Waals surface area contributed by atoms with Crippen LogP contribution in [0.3, 0.4) is 0 Å². The minimum absolute atomic E-state index is 0.163. The molecule has 21 heavy (non-hydrogen) atoms. The number of hydrogen-bond donors (Lipinski definition) is 4. The first-order valence-corrected chi connectivity index (χ1v) is 6.30. The van der Waals surface area contributed by atoms with E-state index in [-0.39, 0.29) is 30.0 Å². The summed E-state index contributed by atoms with van der Waals surface area (Å²) in [5, 5.41) is 18.7. The molecule has 1 rings (SSSR count). The molecule has 0 aliphatic heterocycles. The van der Waals surface area contributed by atoms with Crippen LogP contribution in [-0.2, 0) is 0 Å². The number of benzene rings is 1. The monoisotopic (exact) mass is 295 g/mol. The molecular formula is C12H17N5O4. The maximum absolute atomic E-state index is 12.0. The molecule has 114 valence electrons. The Hall–Kier alpha value is -2.84. The molecule has 0 radical (unpaired) electrons. The first-order chi connectivity index (χ1) is 9.97. The Morgan fingerprint density at radius 3 is 2.52 bits per heavy atom. The smallest absolute Gasteiger partial charge is 0.312 e. The lowest BCUT2D eigenvalue weighted by atomic mass is 10.1. The number of nitrogens with zero attached hydrogens (tertiary/aromatic N) is 1. The van der Waals surface area contributed by atoms with Gasteiger partial charge in [-0.2, -0.15) is 0 Å². The quantitative estimate of drug-likeness (QED) is 0.328. The molecule has 0 unspecified atom stereocenters. The van der Waals surface area contributed by atoms with Crippen molar-refractivity contribution in [2.45, 2.75) is 6.92 Å². The summed E-state index contributed by atoms with van der Waals surface area (Å²) >= 11 is 0. The predicted molar refractivity (Wildman–Crippen MR) is 77.2 cm³/mol. The van der Waals surface area contributed by atoms with Crippen molar-refractivity contribution in [2.24, 2.45) is 5.73 Å². The summed E-state index contributed by atoms with van der Waals surface area (Å²) in [6.45, 7) is 2.55. The first kappa shape index (κ1) is 16.2. The van der Waals surface area contributed by atoms with Crippen molar-refractivity contribution in [1.82, 2.24) is 10.6 Å². The van der Waals surface area contributed by atoms with E-state index in [1.54, 1.807) is 6.92 Å². The Morgan fingerprint density at radius 2 is 1.95 bits per heavy atom. The third kappa shape index (κ3) is 4.64. The molecule has 0 atom stereocenters. The molecule has 1 aromatic rings. The zero-order chi connectivity index (χ0) is 15.8. The third-order valence-corrected chi connectivity index (χ3v) is 2.55. The number of nitrogens with two attached hydrogens (primary N) is 1. The lowest BCUT2D eigenvalue weighted by Gasteiger charge is -2.11. The zero-order valence-corrected chi connectivity index (χ0v) is 11.5. The van der Waals surface area contributed by atoms with E-state index in [1.807, 2.05) is 0 Å². The molecule has 0 aromatic heterocycles. The van der Waals surface area contributed by atoms with Crippen LogP contribution in [0.1, 0.15) is 17.3 Å². The third-order valence-electron chi connectivity index (χ3n) is 2.55. The van der Waals surface area contributed by atoms with Gasteiger partial charge in [-0.25, -0.2) is 4.79 Å². The number of primary amides is 1. The van der Waals surface area contributed by atoms with E-state index in [0.29, 0.717) is 6.54 Å². The van der Waals surface area contributed by atoms with Gasteiger partial charge in [-0.15, -0.1) is 0 Å². The molecule has 1 aromatic carbocycles. The molecule has 0 heterocycles. The summed E-state index contributed by atoms with van der Waals surface area (Å²) in [6, 6.07) is 3.56. The van der Waals surface area contributed by atoms with Crippen LogP contribution in [0, 0.1) is 10.1 Å². The summed E-state index contributed by atoms with van der Waals surface area (Å²) in [4.78, 5) is 33.0. The number of nitrogens with one attached hydrogen (secondary N) is 3. The SMILES string of the molecule is CCNc1c(C(=O)NCCNC(N)=O)cccc1[N+](=O)[O-]. The van der Waals surface area contributed by atoms with Gasteiger partial charge in [0.25, 0.3) is 11.6 Å². The maximum Gasteiger partial charge on any atom is 0.312 e. The second-order valence-corrected chi connectivity index (χ2v) is 4.03. The number of anilines is 1. The highest BCUT2D eigenvalue weighted by Crippen LogP contribution is 2.28. The summed E-state index contributed by atoms with van der Waals surface area (Å²) in [5.74, 6) is -0.471. The molecule has 3 amide bonds. The normalized spacial score (nSPS) is 9.76. The Morgan fingerprint density at radius 1 is 1.29 bits per heavy atom. The summed E-state index contributed by atoms with van der Waals surface area (Å²) in [5.41, 5.74) is 5.07. The van der Waals surface area contributed by atoms with Crippen LogP contribution in [0.25, 0.3) is 0 Å². The minimum atomic E-state index is -0.687. The molecular weight excluding hydrogens is 278 g/mol. The van der Waals surface area contributed by atoms with Crippen molar-refractivity contribution < 1.29 is 14.5 Å². The van der Waals surface area contributed by atoms with Gasteiger partial charge in [0.05, 0.1) is 10.5 Å². The second-order valence-electron chi connectivity index (χ2n) is 4.03. The van der Waals surface area contributed by atoms with Gasteiger partial charge >= 0.3 is 6.03 Å². The average Bonchev–Trinajstić information content (AvgIpc) is 2.43. The van der Waals surface area contributed by atoms with Gasteiger partial charge in [-0.1, -0.05) is 6.07 Å². The van der Waals surface area contributed by atoms with Crippen LogP contribution in [0.5, 0.6) is 0 Å². The fraction of sp³-hybridized carbons (Fsp3) is 0.333. The highest BCUT2D eigenvalue weighted by atomic mass is 16.6. The standard InChI is InChI=1S/C12H17N5O4/c1-2-14-10-8(4-3-5-9(10)17(20)21)11(18)15-6-7-16-12(13)19/h3-5,14H,2,6-7H2,1H3,(H,15,18)(H3,13,16,19). The second kappa shape index (κ2) is 7.68. The zero-order valence-electron chi connectivity index (χ0n) is 11.5. The van der Waals surface area contributed by atoms with E-state index in [4.69, 9.17) is 5.73 Å². The number of rotatable bonds is 7. The van der Waals surface area contributed by atoms with Crippen molar-refractivity contribution in [1.29, 1.82) is 0 Å². The van der Waals surface area contributed by atoms with Crippen LogP contribution in [0.15, 0.2) is 18.2 Å². The number of urea groups is 1. The number of amides is 3. The van der Waals surface area contributed by atoms with E-state index >= 15 is 0 Å². The molecule has 0 saturated carbocycles. The molecule has 0 bridgehead atoms. The highest BCUT2D eigenvalue weighted by Gasteiger charge is 2.20. The van der Waals surface area contributed by atoms with E-state index in [2.05, 4.69) is 16.0 Å². The minimum Gasteiger partial charge on any atom is -0.379 e. The Bertz CT molecular complexity index is 546. The summed E-state index contributed by atoms with van der Waals surface area (Å²) in [6.07, 6.45) is 0. The van der Waals surface area contributed by atoms with E-state index < -0.39 is 16.9 Å². The van der Waals surface area contributed by atoms with Gasteiger partial charge < -0.3 is 21.7 Å². The Labute approximate surface area is 121 Å². The number of hydrogen-bond acceptors (Lipinski definition) is 5. The van der Waals surface area contributed by atoms with Crippen molar-refractivity contribution in [3.8, 4) is 0 Å². The fourth-order valence-electron chi connectivity index (χ4n) is 1.70. The topological polar surface area (TPSA) is 139 Å². The number of para-hydroxylation sites is 1. The maximum atomic E-state index is 12.0. The Kier molecular flexibility index (Phi) is 5.93. The lowest BCUT2D eigenvalue weighted by molar-refractivity contribution is -0.384. The van der Waals surface area contributed by atoms with Gasteiger partial charge in [0.1, 0.15) is 5.69 Å². The van der Waals surface area contributed by atoms with Crippen LogP contribution in [-0.4, -0.2) is 36.5 Å². The molecule has 0 spiro atoms. The molecule has 5 N–H and O–H groups in total. The van der Waals surface area contributed by atoms with Crippen LogP contribution in [0.4, 0.5) is 16.2 Å². The number of nitro benzene ring substituents is 1. The molecule has 9 nitrogen and oxygen atoms in total. The van der Waals surface area contributed by atoms with E-state index in [0.717, 1.165) is 0 Å². The molecule has 0 aliphatic rings. The van der Waals surface area contributed by atoms with Crippen molar-refractivity contribution >= 4 is 23.3 Å². The average molecular weight is 295 g/mol. The number of carbonyl (C=O) groups excluding carboxylic acids is 2. The van der Waals surface area contributed by atoms with Gasteiger partial charge in [-0.3, -0.25) is 14.9 Å². The van der Waals surface area contributed by atoms with Gasteiger partial charge in [0, 0.05) is 25.7 Å². The fourth-order valence-corrected chi connectivity index (χ4v) is 1.70. The van der Waals surface area contributed by atoms with Crippen LogP contribution >= 0.6 is 0 Å². The van der Waals surface area contributed by atoms with Crippen LogP contribution in [0.2, 0.25) is 0 Å². The summed E-state index contributed by atoms with van der Waals surface area (Å²) < 4.78 is 0. The number of nitro groups is 1. The van der Waals surface area contributed by atoms with Gasteiger partial charge in [0.2, 0.25) is 0 Å². The van der Waals surface area contributed by atoms with Gasteiger partial charge in [0.15, 0.2) is 0 Å². The summed E-state index contributed by atoms with van der Waals surface area (Å²) in [7, 11) is 0. The molecule has 0 fully saturated rings. The first-order valence-electron chi connectivity index (χ1n) is 6.30. The molecule has 9 heteroatoms. The van der Waals surface area contributed by atoms with E-state index in [1.165, 1.54) is 18.2 Å². The molecule has 0 saturated heterocycles. The lowest BCUT2D eigenvalue weighted by Crippen LogP contribution is -2.37. The van der Waals surface area contributed by atoms with Crippen molar-refractivity contribution in [2.75, 3.05) is 25.0 Å². The number of carbonyl (C=O) groups is 2. The Balaban J connectivity index is 2.85. The highest BCUT2D eigenvalue weighted by molar-refractivity contribution is 6.01. The predicted octanol–water partition coefficient (Wildman–Crippen LogP) is 0.425. The largest absolute Gasteiger partial charge is 0.379 e. The van der Waals surface area contributed by atoms with Crippen molar-refractivity contribution in [3.05, 3.63) is 33.9 Å².